The van der Waals surface area contributed by atoms with E-state index in [1.807, 2.05) is 12.1 Å². The van der Waals surface area contributed by atoms with Crippen LogP contribution in [-0.2, 0) is 0 Å². The number of allylic oxidation sites excluding steroid dienone is 1. The molecule has 0 saturated heterocycles. The Kier molecular flexibility index (Phi) is 7.58. The number of furan rings is 1. The van der Waals surface area contributed by atoms with E-state index in [0.29, 0.717) is 17.5 Å². The first-order valence-electron chi connectivity index (χ1n) is 19.4. The number of hydrogen-bond acceptors (Lipinski definition) is 4. The summed E-state index contributed by atoms with van der Waals surface area (Å²) in [6, 6.07) is 59.7. The van der Waals surface area contributed by atoms with Crippen molar-refractivity contribution in [2.45, 2.75) is 13.8 Å². The van der Waals surface area contributed by atoms with Crippen LogP contribution in [0.3, 0.4) is 0 Å². The first-order chi connectivity index (χ1) is 28.1. The Labute approximate surface area is 329 Å². The van der Waals surface area contributed by atoms with E-state index >= 15 is 0 Å². The van der Waals surface area contributed by atoms with Gasteiger partial charge in [-0.2, -0.15) is 0 Å². The van der Waals surface area contributed by atoms with Crippen LogP contribution < -0.4 is 0 Å². The van der Waals surface area contributed by atoms with Crippen molar-refractivity contribution in [1.29, 1.82) is 0 Å². The lowest BCUT2D eigenvalue weighted by Gasteiger charge is -2.14. The summed E-state index contributed by atoms with van der Waals surface area (Å²) in [7, 11) is 0. The Balaban J connectivity index is 1.20. The zero-order valence-corrected chi connectivity index (χ0v) is 31.5. The van der Waals surface area contributed by atoms with Crippen molar-refractivity contribution in [3.63, 3.8) is 0 Å². The normalized spacial score (nSPS) is 12.1. The number of fused-ring (bicyclic) bond motifs is 9. The SMILES string of the molecule is C/C(=C\c1ccccc1C)c1ccc(-c2nc(-c3ccc4ccc5ccccc5c4c3)nc(-c3cc4ccccc4c4ccccc34)n2)c2c1oc1ccccc12. The summed E-state index contributed by atoms with van der Waals surface area (Å²) in [5.74, 6) is 1.83. The van der Waals surface area contributed by atoms with E-state index < -0.39 is 0 Å². The molecule has 0 saturated carbocycles. The highest BCUT2D eigenvalue weighted by Gasteiger charge is 2.22. The summed E-state index contributed by atoms with van der Waals surface area (Å²) in [5, 5.41) is 11.3. The van der Waals surface area contributed by atoms with Crippen LogP contribution in [0.15, 0.2) is 174 Å². The standard InChI is InChI=1S/C53H35N3O/c1-32-13-3-4-15-36(32)29-33(2)39-27-28-45(49-44-21-11-12-22-48(44)57-50(39)49)52-54-51(38-26-25-35-24-23-34-14-5-7-17-40(34)46(35)31-38)55-53(56-52)47-30-37-16-6-8-18-41(37)42-19-9-10-20-43(42)47/h3-31H,1-2H3/b33-29+. The van der Waals surface area contributed by atoms with Crippen LogP contribution in [0.2, 0.25) is 0 Å². The Morgan fingerprint density at radius 3 is 1.88 bits per heavy atom. The fourth-order valence-electron chi connectivity index (χ4n) is 8.51. The lowest BCUT2D eigenvalue weighted by atomic mass is 9.96. The van der Waals surface area contributed by atoms with Crippen LogP contribution in [0.25, 0.3) is 111 Å². The molecule has 0 N–H and O–H groups in total. The number of rotatable bonds is 5. The first-order valence-corrected chi connectivity index (χ1v) is 19.4. The van der Waals surface area contributed by atoms with Gasteiger partial charge >= 0.3 is 0 Å². The van der Waals surface area contributed by atoms with Gasteiger partial charge in [0.2, 0.25) is 0 Å². The summed E-state index contributed by atoms with van der Waals surface area (Å²) in [4.78, 5) is 16.0. The molecule has 11 rings (SSSR count). The summed E-state index contributed by atoms with van der Waals surface area (Å²) in [6.07, 6.45) is 2.24. The second-order valence-electron chi connectivity index (χ2n) is 14.9. The summed E-state index contributed by atoms with van der Waals surface area (Å²) in [5.41, 5.74) is 8.96. The predicted octanol–water partition coefficient (Wildman–Crippen LogP) is 14.3. The van der Waals surface area contributed by atoms with E-state index in [4.69, 9.17) is 19.4 Å². The maximum Gasteiger partial charge on any atom is 0.164 e. The van der Waals surface area contributed by atoms with Crippen LogP contribution >= 0.6 is 0 Å². The molecule has 11 aromatic rings. The third-order valence-corrected chi connectivity index (χ3v) is 11.4. The van der Waals surface area contributed by atoms with Gasteiger partial charge in [-0.1, -0.05) is 152 Å². The highest BCUT2D eigenvalue weighted by molar-refractivity contribution is 6.16. The van der Waals surface area contributed by atoms with E-state index in [1.54, 1.807) is 0 Å². The summed E-state index contributed by atoms with van der Waals surface area (Å²) >= 11 is 0. The van der Waals surface area contributed by atoms with Gasteiger partial charge in [0.15, 0.2) is 17.5 Å². The van der Waals surface area contributed by atoms with Crippen molar-refractivity contribution in [2.75, 3.05) is 0 Å². The molecule has 0 radical (unpaired) electrons. The number of nitrogens with zero attached hydrogens (tertiary/aromatic N) is 3. The van der Waals surface area contributed by atoms with Crippen LogP contribution in [0.5, 0.6) is 0 Å². The van der Waals surface area contributed by atoms with Crippen molar-refractivity contribution in [3.8, 4) is 34.2 Å². The molecule has 0 aliphatic carbocycles. The van der Waals surface area contributed by atoms with E-state index in [-0.39, 0.29) is 0 Å². The van der Waals surface area contributed by atoms with Crippen molar-refractivity contribution in [1.82, 2.24) is 15.0 Å². The molecule has 0 aliphatic heterocycles. The molecule has 0 amide bonds. The van der Waals surface area contributed by atoms with Crippen molar-refractivity contribution < 1.29 is 4.42 Å². The Morgan fingerprint density at radius 2 is 1.07 bits per heavy atom. The largest absolute Gasteiger partial charge is 0.455 e. The van der Waals surface area contributed by atoms with Gasteiger partial charge in [0.05, 0.1) is 0 Å². The van der Waals surface area contributed by atoms with Crippen LogP contribution in [0.1, 0.15) is 23.6 Å². The van der Waals surface area contributed by atoms with E-state index in [0.717, 1.165) is 71.3 Å². The lowest BCUT2D eigenvalue weighted by Crippen LogP contribution is -2.01. The highest BCUT2D eigenvalue weighted by atomic mass is 16.3. The maximum atomic E-state index is 6.75. The molecular weight excluding hydrogens is 695 g/mol. The maximum absolute atomic E-state index is 6.75. The number of para-hydroxylation sites is 1. The zero-order chi connectivity index (χ0) is 38.0. The highest BCUT2D eigenvalue weighted by Crippen LogP contribution is 2.42. The molecule has 0 spiro atoms. The zero-order valence-electron chi connectivity index (χ0n) is 31.5. The van der Waals surface area contributed by atoms with Crippen LogP contribution in [0, 0.1) is 6.92 Å². The van der Waals surface area contributed by atoms with Gasteiger partial charge in [-0.3, -0.25) is 0 Å². The molecule has 2 aromatic heterocycles. The quantitative estimate of drug-likeness (QED) is 0.131. The third kappa shape index (κ3) is 5.49. The average molecular weight is 730 g/mol. The molecule has 0 unspecified atom stereocenters. The van der Waals surface area contributed by atoms with Crippen molar-refractivity contribution in [2.24, 2.45) is 0 Å². The Bertz CT molecular complexity index is 3450. The van der Waals surface area contributed by atoms with E-state index in [2.05, 4.69) is 178 Å². The Morgan fingerprint density at radius 1 is 0.474 bits per heavy atom. The average Bonchev–Trinajstić information content (AvgIpc) is 3.66. The fourth-order valence-corrected chi connectivity index (χ4v) is 8.51. The first kappa shape index (κ1) is 33.0. The molecule has 0 fully saturated rings. The molecule has 4 heteroatoms. The van der Waals surface area contributed by atoms with Crippen molar-refractivity contribution >= 4 is 76.7 Å². The van der Waals surface area contributed by atoms with Gasteiger partial charge in [0.1, 0.15) is 11.2 Å². The van der Waals surface area contributed by atoms with E-state index in [1.165, 1.54) is 32.7 Å². The third-order valence-electron chi connectivity index (χ3n) is 11.4. The molecule has 268 valence electrons. The number of aromatic nitrogens is 3. The molecule has 0 aliphatic rings. The van der Waals surface area contributed by atoms with Gasteiger partial charge in [-0.05, 0) is 97.9 Å². The molecule has 57 heavy (non-hydrogen) atoms. The minimum absolute atomic E-state index is 0.592. The topological polar surface area (TPSA) is 51.8 Å². The number of benzene rings is 9. The monoisotopic (exact) mass is 729 g/mol. The van der Waals surface area contributed by atoms with Gasteiger partial charge < -0.3 is 4.42 Å². The summed E-state index contributed by atoms with van der Waals surface area (Å²) < 4.78 is 6.75. The molecule has 4 nitrogen and oxygen atoms in total. The molecule has 0 atom stereocenters. The summed E-state index contributed by atoms with van der Waals surface area (Å²) in [6.45, 7) is 4.30. The number of hydrogen-bond donors (Lipinski definition) is 0. The van der Waals surface area contributed by atoms with Crippen LogP contribution in [-0.4, -0.2) is 15.0 Å². The smallest absolute Gasteiger partial charge is 0.164 e. The van der Waals surface area contributed by atoms with E-state index in [9.17, 15) is 0 Å². The predicted molar refractivity (Wildman–Crippen MR) is 238 cm³/mol. The van der Waals surface area contributed by atoms with Crippen LogP contribution in [0.4, 0.5) is 0 Å². The fraction of sp³-hybridized carbons (Fsp3) is 0.0377. The second-order valence-corrected chi connectivity index (χ2v) is 14.9. The van der Waals surface area contributed by atoms with Gasteiger partial charge in [0, 0.05) is 33.0 Å². The molecule has 9 aromatic carbocycles. The van der Waals surface area contributed by atoms with Gasteiger partial charge in [-0.25, -0.2) is 15.0 Å². The number of aryl methyl sites for hydroxylation is 1. The Hall–Kier alpha value is -7.43. The minimum atomic E-state index is 0.592. The molecule has 0 bridgehead atoms. The van der Waals surface area contributed by atoms with Crippen molar-refractivity contribution in [3.05, 3.63) is 187 Å². The van der Waals surface area contributed by atoms with Gasteiger partial charge in [0.25, 0.3) is 0 Å². The molecular formula is C53H35N3O. The van der Waals surface area contributed by atoms with Gasteiger partial charge in [-0.15, -0.1) is 0 Å². The minimum Gasteiger partial charge on any atom is -0.455 e. The molecule has 2 heterocycles. The lowest BCUT2D eigenvalue weighted by molar-refractivity contribution is 0.667. The second kappa shape index (κ2) is 13.1.